The smallest absolute Gasteiger partial charge is 0.220 e. The quantitative estimate of drug-likeness (QED) is 0.0441. The molecule has 0 aliphatic heterocycles. The Morgan fingerprint density at radius 1 is 0.581 bits per heavy atom. The van der Waals surface area contributed by atoms with Gasteiger partial charge in [0.2, 0.25) is 5.91 Å². The third-order valence-corrected chi connectivity index (χ3v) is 8.59. The summed E-state index contributed by atoms with van der Waals surface area (Å²) in [5.41, 5.74) is 0. The molecule has 0 rings (SSSR count). The second-order valence-electron chi connectivity index (χ2n) is 12.8. The highest BCUT2D eigenvalue weighted by Crippen LogP contribution is 2.15. The number of aliphatic hydroxyl groups is 3. The van der Waals surface area contributed by atoms with Crippen LogP contribution in [0.5, 0.6) is 0 Å². The van der Waals surface area contributed by atoms with Crippen LogP contribution in [-0.4, -0.2) is 46.1 Å². The van der Waals surface area contributed by atoms with Crippen LogP contribution in [0.4, 0.5) is 0 Å². The van der Waals surface area contributed by atoms with Gasteiger partial charge in [0.15, 0.2) is 0 Å². The van der Waals surface area contributed by atoms with Gasteiger partial charge in [-0.25, -0.2) is 0 Å². The van der Waals surface area contributed by atoms with Crippen LogP contribution in [0, 0.1) is 0 Å². The molecule has 5 heteroatoms. The average molecular weight is 608 g/mol. The minimum atomic E-state index is -1.14. The zero-order valence-corrected chi connectivity index (χ0v) is 28.6. The van der Waals surface area contributed by atoms with E-state index in [0.29, 0.717) is 12.8 Å². The van der Waals surface area contributed by atoms with E-state index >= 15 is 0 Å². The van der Waals surface area contributed by atoms with Crippen molar-refractivity contribution in [3.8, 4) is 0 Å². The van der Waals surface area contributed by atoms with E-state index in [1.165, 1.54) is 116 Å². The molecule has 0 aromatic carbocycles. The molecule has 0 heterocycles. The normalized spacial score (nSPS) is 14.1. The molecule has 0 spiro atoms. The summed E-state index contributed by atoms with van der Waals surface area (Å²) in [4.78, 5) is 12.3. The number of aliphatic hydroxyl groups excluding tert-OH is 3. The number of amides is 1. The molecule has 5 nitrogen and oxygen atoms in total. The Labute approximate surface area is 267 Å². The Balaban J connectivity index is 3.72. The van der Waals surface area contributed by atoms with Crippen LogP contribution in [0.1, 0.15) is 187 Å². The molecule has 0 radical (unpaired) electrons. The Bertz CT molecular complexity index is 635. The molecule has 0 fully saturated rings. The van der Waals surface area contributed by atoms with Crippen molar-refractivity contribution in [2.75, 3.05) is 6.61 Å². The maximum Gasteiger partial charge on any atom is 0.220 e. The molecule has 0 bridgehead atoms. The highest BCUT2D eigenvalue weighted by molar-refractivity contribution is 5.76. The van der Waals surface area contributed by atoms with E-state index in [2.05, 4.69) is 43.5 Å². The summed E-state index contributed by atoms with van der Waals surface area (Å²) < 4.78 is 0. The number of rotatable bonds is 33. The van der Waals surface area contributed by atoms with Gasteiger partial charge in [-0.2, -0.15) is 0 Å². The molecule has 0 aliphatic carbocycles. The van der Waals surface area contributed by atoms with Crippen molar-refractivity contribution in [1.82, 2.24) is 5.32 Å². The maximum absolute atomic E-state index is 12.3. The van der Waals surface area contributed by atoms with Crippen LogP contribution in [0.15, 0.2) is 24.3 Å². The molecule has 0 saturated carbocycles. The third kappa shape index (κ3) is 29.3. The molecule has 4 N–H and O–H groups in total. The van der Waals surface area contributed by atoms with Gasteiger partial charge >= 0.3 is 0 Å². The van der Waals surface area contributed by atoms with Crippen molar-refractivity contribution in [2.45, 2.75) is 205 Å². The van der Waals surface area contributed by atoms with Gasteiger partial charge in [-0.05, 0) is 38.5 Å². The second-order valence-corrected chi connectivity index (χ2v) is 12.8. The van der Waals surface area contributed by atoms with Gasteiger partial charge in [0.05, 0.1) is 18.8 Å². The van der Waals surface area contributed by atoms with E-state index in [0.717, 1.165) is 44.9 Å². The Kier molecular flexibility index (Phi) is 32.8. The summed E-state index contributed by atoms with van der Waals surface area (Å²) >= 11 is 0. The molecule has 43 heavy (non-hydrogen) atoms. The van der Waals surface area contributed by atoms with Gasteiger partial charge in [-0.3, -0.25) is 4.79 Å². The van der Waals surface area contributed by atoms with Gasteiger partial charge in [0, 0.05) is 6.42 Å². The lowest BCUT2D eigenvalue weighted by atomic mass is 9.99. The van der Waals surface area contributed by atoms with Crippen LogP contribution in [0.2, 0.25) is 0 Å². The van der Waals surface area contributed by atoms with E-state index < -0.39 is 18.2 Å². The van der Waals surface area contributed by atoms with Crippen LogP contribution < -0.4 is 5.32 Å². The van der Waals surface area contributed by atoms with Gasteiger partial charge in [0.25, 0.3) is 0 Å². The predicted molar refractivity (Wildman–Crippen MR) is 185 cm³/mol. The van der Waals surface area contributed by atoms with E-state index in [-0.39, 0.29) is 12.5 Å². The molecule has 1 amide bonds. The first kappa shape index (κ1) is 41.8. The SMILES string of the molecule is CCCCC/C=C\C=C/CCCCCCCCC(=O)NC(CO)C(O)C(O)CCCCCCCCCCCCCCCC. The van der Waals surface area contributed by atoms with Crippen LogP contribution in [0.3, 0.4) is 0 Å². The summed E-state index contributed by atoms with van der Waals surface area (Å²) in [6, 6.07) is -0.812. The van der Waals surface area contributed by atoms with Crippen molar-refractivity contribution in [1.29, 1.82) is 0 Å². The fourth-order valence-corrected chi connectivity index (χ4v) is 5.62. The average Bonchev–Trinajstić information content (AvgIpc) is 3.01. The first-order valence-electron chi connectivity index (χ1n) is 18.6. The number of hydrogen-bond donors (Lipinski definition) is 4. The van der Waals surface area contributed by atoms with Crippen molar-refractivity contribution >= 4 is 5.91 Å². The summed E-state index contributed by atoms with van der Waals surface area (Å²) in [7, 11) is 0. The van der Waals surface area contributed by atoms with Crippen LogP contribution in [0.25, 0.3) is 0 Å². The predicted octanol–water partition coefficient (Wildman–Crippen LogP) is 9.87. The molecule has 3 unspecified atom stereocenters. The first-order chi connectivity index (χ1) is 21.1. The fraction of sp³-hybridized carbons (Fsp3) is 0.868. The van der Waals surface area contributed by atoms with Gasteiger partial charge in [-0.15, -0.1) is 0 Å². The van der Waals surface area contributed by atoms with E-state index in [9.17, 15) is 20.1 Å². The number of hydrogen-bond acceptors (Lipinski definition) is 4. The molecule has 0 aliphatic rings. The number of allylic oxidation sites excluding steroid dienone is 4. The van der Waals surface area contributed by atoms with Crippen LogP contribution in [-0.2, 0) is 4.79 Å². The number of carbonyl (C=O) groups is 1. The fourth-order valence-electron chi connectivity index (χ4n) is 5.62. The molecule has 0 aromatic rings. The number of nitrogens with one attached hydrogen (secondary N) is 1. The Morgan fingerprint density at radius 3 is 1.47 bits per heavy atom. The summed E-state index contributed by atoms with van der Waals surface area (Å²) in [5, 5.41) is 33.4. The van der Waals surface area contributed by atoms with Gasteiger partial charge < -0.3 is 20.6 Å². The number of carbonyl (C=O) groups excluding carboxylic acids is 1. The molecule has 3 atom stereocenters. The van der Waals surface area contributed by atoms with Gasteiger partial charge in [0.1, 0.15) is 6.10 Å². The zero-order valence-electron chi connectivity index (χ0n) is 28.6. The Hall–Kier alpha value is -1.17. The van der Waals surface area contributed by atoms with Crippen LogP contribution >= 0.6 is 0 Å². The van der Waals surface area contributed by atoms with Crippen molar-refractivity contribution < 1.29 is 20.1 Å². The van der Waals surface area contributed by atoms with Crippen molar-refractivity contribution in [3.05, 3.63) is 24.3 Å². The first-order valence-corrected chi connectivity index (χ1v) is 18.6. The van der Waals surface area contributed by atoms with E-state index in [1.54, 1.807) is 0 Å². The lowest BCUT2D eigenvalue weighted by Gasteiger charge is -2.26. The van der Waals surface area contributed by atoms with E-state index in [1.807, 2.05) is 0 Å². The molecule has 0 aromatic heterocycles. The highest BCUT2D eigenvalue weighted by Gasteiger charge is 2.26. The topological polar surface area (TPSA) is 89.8 Å². The van der Waals surface area contributed by atoms with Gasteiger partial charge in [-0.1, -0.05) is 167 Å². The summed E-state index contributed by atoms with van der Waals surface area (Å²) in [5.74, 6) is -0.158. The molecular formula is C38H73NO4. The lowest BCUT2D eigenvalue weighted by molar-refractivity contribution is -0.124. The zero-order chi connectivity index (χ0) is 31.6. The molecular weight excluding hydrogens is 534 g/mol. The minimum absolute atomic E-state index is 0.158. The second kappa shape index (κ2) is 33.7. The Morgan fingerprint density at radius 2 is 0.977 bits per heavy atom. The maximum atomic E-state index is 12.3. The van der Waals surface area contributed by atoms with Crippen molar-refractivity contribution in [2.24, 2.45) is 0 Å². The molecule has 0 saturated heterocycles. The number of unbranched alkanes of at least 4 members (excludes halogenated alkanes) is 22. The molecule has 254 valence electrons. The van der Waals surface area contributed by atoms with E-state index in [4.69, 9.17) is 0 Å². The minimum Gasteiger partial charge on any atom is -0.394 e. The highest BCUT2D eigenvalue weighted by atomic mass is 16.3. The summed E-state index contributed by atoms with van der Waals surface area (Å²) in [6.07, 6.45) is 38.3. The third-order valence-electron chi connectivity index (χ3n) is 8.59. The lowest BCUT2D eigenvalue weighted by Crippen LogP contribution is -2.50. The summed E-state index contributed by atoms with van der Waals surface area (Å²) in [6.45, 7) is 4.13. The van der Waals surface area contributed by atoms with Crippen molar-refractivity contribution in [3.63, 3.8) is 0 Å². The monoisotopic (exact) mass is 608 g/mol. The largest absolute Gasteiger partial charge is 0.394 e. The standard InChI is InChI=1S/C38H73NO4/c1-3-5-7-9-11-13-15-17-19-21-23-25-27-29-31-33-37(42)39-35(34-40)38(43)36(41)32-30-28-26-24-22-20-18-16-14-12-10-8-6-4-2/h11,13,15,17,35-36,38,40-41,43H,3-10,12,14,16,18-34H2,1-2H3,(H,39,42)/b13-11-,17-15-.